The Bertz CT molecular complexity index is 1300. The summed E-state index contributed by atoms with van der Waals surface area (Å²) in [6.45, 7) is 8.94. The predicted octanol–water partition coefficient (Wildman–Crippen LogP) is 5.62. The van der Waals surface area contributed by atoms with E-state index in [2.05, 4.69) is 18.8 Å². The number of likely N-dealkylation sites (tertiary alicyclic amines) is 1. The molecule has 1 atom stereocenters. The van der Waals surface area contributed by atoms with Crippen LogP contribution < -0.4 is 9.47 Å². The lowest BCUT2D eigenvalue weighted by molar-refractivity contribution is -0.140. The van der Waals surface area contributed by atoms with E-state index in [0.29, 0.717) is 36.2 Å². The van der Waals surface area contributed by atoms with Gasteiger partial charge in [0.15, 0.2) is 0 Å². The number of aliphatic hydroxyl groups is 1. The number of hydrogen-bond donors (Lipinski definition) is 1. The van der Waals surface area contributed by atoms with E-state index in [9.17, 15) is 14.7 Å². The zero-order valence-corrected chi connectivity index (χ0v) is 21.6. The molecule has 0 aliphatic carbocycles. The van der Waals surface area contributed by atoms with Crippen molar-refractivity contribution in [1.82, 2.24) is 9.88 Å². The van der Waals surface area contributed by atoms with Gasteiger partial charge in [0.1, 0.15) is 17.3 Å². The van der Waals surface area contributed by atoms with Gasteiger partial charge in [0.05, 0.1) is 30.4 Å². The number of ketones is 1. The van der Waals surface area contributed by atoms with Gasteiger partial charge in [0.2, 0.25) is 0 Å². The molecule has 4 rings (SSSR count). The van der Waals surface area contributed by atoms with Crippen molar-refractivity contribution in [2.75, 3.05) is 13.2 Å². The van der Waals surface area contributed by atoms with Crippen LogP contribution in [0.5, 0.6) is 11.5 Å². The summed E-state index contributed by atoms with van der Waals surface area (Å²) in [7, 11) is 0. The van der Waals surface area contributed by atoms with Crippen molar-refractivity contribution < 1.29 is 24.2 Å². The third-order valence-electron chi connectivity index (χ3n) is 6.38. The number of carbonyl (C=O) groups excluding carboxylic acids is 2. The maximum Gasteiger partial charge on any atom is 0.295 e. The Hall–Kier alpha value is -4.13. The van der Waals surface area contributed by atoms with Crippen molar-refractivity contribution in [3.05, 3.63) is 94.8 Å². The van der Waals surface area contributed by atoms with Crippen molar-refractivity contribution in [3.8, 4) is 11.5 Å². The van der Waals surface area contributed by atoms with E-state index in [-0.39, 0.29) is 17.9 Å². The molecule has 1 amide bonds. The topological polar surface area (TPSA) is 89.0 Å². The van der Waals surface area contributed by atoms with E-state index >= 15 is 0 Å². The van der Waals surface area contributed by atoms with Crippen molar-refractivity contribution in [2.45, 2.75) is 46.2 Å². The van der Waals surface area contributed by atoms with Crippen LogP contribution >= 0.6 is 0 Å². The highest BCUT2D eigenvalue weighted by Crippen LogP contribution is 2.42. The molecule has 7 heteroatoms. The Labute approximate surface area is 217 Å². The normalized spacial score (nSPS) is 16.9. The first-order valence-corrected chi connectivity index (χ1v) is 12.5. The van der Waals surface area contributed by atoms with Gasteiger partial charge in [-0.2, -0.15) is 0 Å². The lowest BCUT2D eigenvalue weighted by Gasteiger charge is -2.26. The molecule has 7 nitrogen and oxygen atoms in total. The third-order valence-corrected chi connectivity index (χ3v) is 6.38. The second-order valence-corrected chi connectivity index (χ2v) is 9.13. The van der Waals surface area contributed by atoms with E-state index in [1.165, 1.54) is 4.90 Å². The molecule has 1 fully saturated rings. The first-order valence-electron chi connectivity index (χ1n) is 12.5. The SMILES string of the molecule is CCOc1ccc(/C(O)=C2/C(=O)C(=O)N(Cc3ccncc3)C2c2ccc(C(C)C)cc2)c(OCC)c1. The third kappa shape index (κ3) is 5.35. The summed E-state index contributed by atoms with van der Waals surface area (Å²) in [5.41, 5.74) is 3.07. The number of Topliss-reactive ketones (excluding diaryl/α,β-unsaturated/α-hetero) is 1. The smallest absolute Gasteiger partial charge is 0.295 e. The van der Waals surface area contributed by atoms with Gasteiger partial charge in [-0.1, -0.05) is 38.1 Å². The van der Waals surface area contributed by atoms with Gasteiger partial charge in [0, 0.05) is 25.0 Å². The van der Waals surface area contributed by atoms with Crippen LogP contribution in [0.2, 0.25) is 0 Å². The number of rotatable bonds is 9. The van der Waals surface area contributed by atoms with Crippen LogP contribution in [0.3, 0.4) is 0 Å². The Morgan fingerprint density at radius 3 is 2.27 bits per heavy atom. The highest BCUT2D eigenvalue weighted by Gasteiger charge is 2.46. The Balaban J connectivity index is 1.87. The average molecular weight is 501 g/mol. The van der Waals surface area contributed by atoms with E-state index in [0.717, 1.165) is 16.7 Å². The van der Waals surface area contributed by atoms with Gasteiger partial charge < -0.3 is 19.5 Å². The summed E-state index contributed by atoms with van der Waals surface area (Å²) < 4.78 is 11.4. The van der Waals surface area contributed by atoms with Crippen LogP contribution in [-0.4, -0.2) is 39.9 Å². The van der Waals surface area contributed by atoms with Crippen LogP contribution in [0.15, 0.2) is 72.6 Å². The zero-order valence-electron chi connectivity index (χ0n) is 21.6. The Kier molecular flexibility index (Phi) is 7.92. The molecule has 0 radical (unpaired) electrons. The number of hydrogen-bond acceptors (Lipinski definition) is 6. The molecule has 1 N–H and O–H groups in total. The number of amides is 1. The zero-order chi connectivity index (χ0) is 26.5. The molecular formula is C30H32N2O5. The first kappa shape index (κ1) is 25.9. The molecule has 1 saturated heterocycles. The second-order valence-electron chi connectivity index (χ2n) is 9.13. The molecule has 1 aliphatic rings. The van der Waals surface area contributed by atoms with Crippen LogP contribution in [0.25, 0.3) is 5.76 Å². The summed E-state index contributed by atoms with van der Waals surface area (Å²) in [6.07, 6.45) is 3.29. The fourth-order valence-electron chi connectivity index (χ4n) is 4.51. The molecule has 1 aromatic heterocycles. The summed E-state index contributed by atoms with van der Waals surface area (Å²) in [5, 5.41) is 11.5. The molecule has 2 heterocycles. The van der Waals surface area contributed by atoms with E-state index in [4.69, 9.17) is 9.47 Å². The minimum absolute atomic E-state index is 0.0291. The molecular weight excluding hydrogens is 468 g/mol. The lowest BCUT2D eigenvalue weighted by atomic mass is 9.93. The molecule has 0 bridgehead atoms. The largest absolute Gasteiger partial charge is 0.507 e. The Morgan fingerprint density at radius 1 is 0.973 bits per heavy atom. The average Bonchev–Trinajstić information content (AvgIpc) is 3.14. The fraction of sp³-hybridized carbons (Fsp3) is 0.300. The lowest BCUT2D eigenvalue weighted by Crippen LogP contribution is -2.29. The van der Waals surface area contributed by atoms with Crippen molar-refractivity contribution in [2.24, 2.45) is 0 Å². The first-order chi connectivity index (χ1) is 17.8. The van der Waals surface area contributed by atoms with E-state index in [1.807, 2.05) is 38.1 Å². The van der Waals surface area contributed by atoms with Crippen LogP contribution in [0, 0.1) is 0 Å². The number of aromatic nitrogens is 1. The van der Waals surface area contributed by atoms with Gasteiger partial charge in [0.25, 0.3) is 11.7 Å². The number of pyridine rings is 1. The summed E-state index contributed by atoms with van der Waals surface area (Å²) in [4.78, 5) is 32.3. The minimum atomic E-state index is -0.768. The summed E-state index contributed by atoms with van der Waals surface area (Å²) in [6, 6.07) is 15.7. The van der Waals surface area contributed by atoms with Crippen molar-refractivity contribution in [1.29, 1.82) is 0 Å². The molecule has 192 valence electrons. The van der Waals surface area contributed by atoms with Gasteiger partial charge in [-0.3, -0.25) is 14.6 Å². The van der Waals surface area contributed by atoms with Crippen LogP contribution in [-0.2, 0) is 16.1 Å². The standard InChI is InChI=1S/C30H32N2O5/c1-5-36-23-11-12-24(25(17-23)37-6-2)28(33)26-27(22-9-7-21(8-10-22)19(3)4)32(30(35)29(26)34)18-20-13-15-31-16-14-20/h7-17,19,27,33H,5-6,18H2,1-4H3/b28-26-. The minimum Gasteiger partial charge on any atom is -0.507 e. The molecule has 3 aromatic rings. The monoisotopic (exact) mass is 500 g/mol. The summed E-state index contributed by atoms with van der Waals surface area (Å²) in [5.74, 6) is -0.391. The number of benzene rings is 2. The number of nitrogens with zero attached hydrogens (tertiary/aromatic N) is 2. The summed E-state index contributed by atoms with van der Waals surface area (Å²) >= 11 is 0. The van der Waals surface area contributed by atoms with Crippen LogP contribution in [0.1, 0.15) is 61.9 Å². The van der Waals surface area contributed by atoms with Gasteiger partial charge in [-0.05, 0) is 60.7 Å². The fourth-order valence-corrected chi connectivity index (χ4v) is 4.51. The number of aliphatic hydroxyl groups excluding tert-OH is 1. The Morgan fingerprint density at radius 2 is 1.65 bits per heavy atom. The highest BCUT2D eigenvalue weighted by atomic mass is 16.5. The van der Waals surface area contributed by atoms with Gasteiger partial charge in [-0.25, -0.2) is 0 Å². The number of ether oxygens (including phenoxy) is 2. The highest BCUT2D eigenvalue weighted by molar-refractivity contribution is 6.46. The second kappa shape index (κ2) is 11.3. The number of carbonyl (C=O) groups is 2. The van der Waals surface area contributed by atoms with Crippen molar-refractivity contribution >= 4 is 17.4 Å². The van der Waals surface area contributed by atoms with E-state index in [1.54, 1.807) is 42.7 Å². The van der Waals surface area contributed by atoms with Crippen molar-refractivity contribution in [3.63, 3.8) is 0 Å². The maximum absolute atomic E-state index is 13.4. The molecule has 0 saturated carbocycles. The molecule has 2 aromatic carbocycles. The van der Waals surface area contributed by atoms with Gasteiger partial charge in [-0.15, -0.1) is 0 Å². The van der Waals surface area contributed by atoms with Crippen LogP contribution in [0.4, 0.5) is 0 Å². The molecule has 0 spiro atoms. The molecule has 37 heavy (non-hydrogen) atoms. The quantitative estimate of drug-likeness (QED) is 0.233. The van der Waals surface area contributed by atoms with Gasteiger partial charge >= 0.3 is 0 Å². The molecule has 1 aliphatic heterocycles. The van der Waals surface area contributed by atoms with E-state index < -0.39 is 17.7 Å². The maximum atomic E-state index is 13.4. The predicted molar refractivity (Wildman–Crippen MR) is 141 cm³/mol. The molecule has 1 unspecified atom stereocenters.